The topological polar surface area (TPSA) is 70.6 Å². The normalized spacial score (nSPS) is 18.7. The summed E-state index contributed by atoms with van der Waals surface area (Å²) in [6, 6.07) is 4.91. The highest BCUT2D eigenvalue weighted by molar-refractivity contribution is 5.97. The van der Waals surface area contributed by atoms with Crippen molar-refractivity contribution in [1.82, 2.24) is 5.32 Å². The Kier molecular flexibility index (Phi) is 5.56. The van der Waals surface area contributed by atoms with E-state index in [2.05, 4.69) is 17.4 Å². The van der Waals surface area contributed by atoms with E-state index in [1.54, 1.807) is 6.07 Å². The highest BCUT2D eigenvalue weighted by Crippen LogP contribution is 2.26. The summed E-state index contributed by atoms with van der Waals surface area (Å²) in [4.78, 5) is 0. The maximum Gasteiger partial charge on any atom is 0.170 e. The zero-order chi connectivity index (χ0) is 15.2. The van der Waals surface area contributed by atoms with Crippen LogP contribution in [0.25, 0.3) is 0 Å². The van der Waals surface area contributed by atoms with Crippen molar-refractivity contribution in [3.05, 3.63) is 35.1 Å². The summed E-state index contributed by atoms with van der Waals surface area (Å²) in [5.74, 6) is 0.258. The molecule has 0 amide bonds. The van der Waals surface area contributed by atoms with Gasteiger partial charge in [-0.1, -0.05) is 24.4 Å². The molecule has 1 atom stereocenters. The van der Waals surface area contributed by atoms with E-state index < -0.39 is 0 Å². The predicted molar refractivity (Wildman–Crippen MR) is 81.8 cm³/mol. The fraction of sp³-hybridized carbons (Fsp3) is 0.562. The molecule has 5 heteroatoms. The minimum Gasteiger partial charge on any atom is -0.409 e. The Morgan fingerprint density at radius 2 is 2.10 bits per heavy atom. The first-order valence-electron chi connectivity index (χ1n) is 7.61. The van der Waals surface area contributed by atoms with Crippen molar-refractivity contribution in [2.45, 2.75) is 51.6 Å². The fourth-order valence-corrected chi connectivity index (χ4v) is 3.04. The summed E-state index contributed by atoms with van der Waals surface area (Å²) in [7, 11) is 0. The summed E-state index contributed by atoms with van der Waals surface area (Å²) in [6.45, 7) is 2.78. The molecule has 1 aromatic rings. The van der Waals surface area contributed by atoms with Crippen LogP contribution in [0.1, 0.15) is 50.2 Å². The number of oxime groups is 1. The molecule has 21 heavy (non-hydrogen) atoms. The lowest BCUT2D eigenvalue weighted by molar-refractivity contribution is 0.280. The third kappa shape index (κ3) is 4.43. The van der Waals surface area contributed by atoms with E-state index >= 15 is 0 Å². The highest BCUT2D eigenvalue weighted by atomic mass is 19.1. The zero-order valence-electron chi connectivity index (χ0n) is 12.5. The number of halogens is 1. The van der Waals surface area contributed by atoms with Gasteiger partial charge in [0.15, 0.2) is 5.84 Å². The van der Waals surface area contributed by atoms with E-state index in [0.29, 0.717) is 24.1 Å². The van der Waals surface area contributed by atoms with E-state index in [1.165, 1.54) is 44.2 Å². The summed E-state index contributed by atoms with van der Waals surface area (Å²) in [5.41, 5.74) is 6.73. The molecule has 1 aromatic carbocycles. The van der Waals surface area contributed by atoms with Crippen LogP contribution in [0.5, 0.6) is 0 Å². The van der Waals surface area contributed by atoms with Crippen molar-refractivity contribution in [3.63, 3.8) is 0 Å². The minimum atomic E-state index is -0.374. The average Bonchev–Trinajstić information content (AvgIpc) is 2.52. The molecule has 0 unspecified atom stereocenters. The molecular weight excluding hydrogens is 269 g/mol. The van der Waals surface area contributed by atoms with Crippen molar-refractivity contribution in [2.24, 2.45) is 16.8 Å². The SMILES string of the molecule is C[C@@H](NCc1cc(F)cc(/C(N)=N/O)c1)C1CCCCC1. The number of hydrogen-bond donors (Lipinski definition) is 3. The lowest BCUT2D eigenvalue weighted by Crippen LogP contribution is -2.34. The monoisotopic (exact) mass is 293 g/mol. The summed E-state index contributed by atoms with van der Waals surface area (Å²) >= 11 is 0. The summed E-state index contributed by atoms with van der Waals surface area (Å²) in [5, 5.41) is 15.1. The second-order valence-corrected chi connectivity index (χ2v) is 5.90. The van der Waals surface area contributed by atoms with Gasteiger partial charge in [0.25, 0.3) is 0 Å². The lowest BCUT2D eigenvalue weighted by atomic mass is 9.84. The zero-order valence-corrected chi connectivity index (χ0v) is 12.5. The molecule has 116 valence electrons. The van der Waals surface area contributed by atoms with E-state index in [0.717, 1.165) is 5.56 Å². The number of hydrogen-bond acceptors (Lipinski definition) is 3. The molecule has 2 rings (SSSR count). The number of benzene rings is 1. The molecule has 0 aromatic heterocycles. The van der Waals surface area contributed by atoms with Crippen molar-refractivity contribution >= 4 is 5.84 Å². The van der Waals surface area contributed by atoms with E-state index in [4.69, 9.17) is 10.9 Å². The Labute approximate surface area is 125 Å². The van der Waals surface area contributed by atoms with Crippen molar-refractivity contribution in [1.29, 1.82) is 0 Å². The summed E-state index contributed by atoms with van der Waals surface area (Å²) in [6.07, 6.45) is 6.50. The van der Waals surface area contributed by atoms with Crippen LogP contribution in [-0.2, 0) is 6.54 Å². The van der Waals surface area contributed by atoms with Crippen LogP contribution in [-0.4, -0.2) is 17.1 Å². The molecule has 4 N–H and O–H groups in total. The third-order valence-corrected chi connectivity index (χ3v) is 4.35. The molecule has 0 saturated heterocycles. The average molecular weight is 293 g/mol. The van der Waals surface area contributed by atoms with Crippen LogP contribution in [0, 0.1) is 11.7 Å². The van der Waals surface area contributed by atoms with E-state index in [1.807, 2.05) is 0 Å². The third-order valence-electron chi connectivity index (χ3n) is 4.35. The Balaban J connectivity index is 1.97. The molecule has 1 aliphatic carbocycles. The van der Waals surface area contributed by atoms with Gasteiger partial charge >= 0.3 is 0 Å². The van der Waals surface area contributed by atoms with Gasteiger partial charge in [0.05, 0.1) is 0 Å². The Morgan fingerprint density at radius 3 is 2.76 bits per heavy atom. The molecule has 1 fully saturated rings. The number of nitrogens with two attached hydrogens (primary N) is 1. The molecule has 0 radical (unpaired) electrons. The molecule has 0 bridgehead atoms. The van der Waals surface area contributed by atoms with E-state index in [9.17, 15) is 4.39 Å². The molecule has 0 heterocycles. The molecular formula is C16H24FN3O. The van der Waals surface area contributed by atoms with Gasteiger partial charge in [0.1, 0.15) is 5.82 Å². The Bertz CT molecular complexity index is 498. The van der Waals surface area contributed by atoms with Crippen LogP contribution in [0.3, 0.4) is 0 Å². The predicted octanol–water partition coefficient (Wildman–Crippen LogP) is 2.98. The van der Waals surface area contributed by atoms with Crippen LogP contribution < -0.4 is 11.1 Å². The van der Waals surface area contributed by atoms with Crippen LogP contribution in [0.15, 0.2) is 23.4 Å². The maximum absolute atomic E-state index is 13.6. The van der Waals surface area contributed by atoms with Gasteiger partial charge in [0.2, 0.25) is 0 Å². The van der Waals surface area contributed by atoms with Crippen molar-refractivity contribution in [2.75, 3.05) is 0 Å². The molecule has 1 aliphatic rings. The lowest BCUT2D eigenvalue weighted by Gasteiger charge is -2.28. The number of amidine groups is 1. The summed E-state index contributed by atoms with van der Waals surface area (Å²) < 4.78 is 13.6. The Morgan fingerprint density at radius 1 is 1.38 bits per heavy atom. The Hall–Kier alpha value is -1.62. The van der Waals surface area contributed by atoms with Crippen LogP contribution >= 0.6 is 0 Å². The molecule has 0 aliphatic heterocycles. The quantitative estimate of drug-likeness (QED) is 0.338. The van der Waals surface area contributed by atoms with Gasteiger partial charge < -0.3 is 16.3 Å². The minimum absolute atomic E-state index is 0.0731. The molecule has 0 spiro atoms. The van der Waals surface area contributed by atoms with E-state index in [-0.39, 0.29) is 11.7 Å². The first-order valence-corrected chi connectivity index (χ1v) is 7.61. The van der Waals surface area contributed by atoms with Gasteiger partial charge in [-0.3, -0.25) is 0 Å². The first kappa shape index (κ1) is 15.8. The van der Waals surface area contributed by atoms with Crippen LogP contribution in [0.4, 0.5) is 4.39 Å². The fourth-order valence-electron chi connectivity index (χ4n) is 3.04. The van der Waals surface area contributed by atoms with Gasteiger partial charge in [-0.15, -0.1) is 0 Å². The smallest absolute Gasteiger partial charge is 0.170 e. The number of nitrogens with one attached hydrogen (secondary N) is 1. The van der Waals surface area contributed by atoms with Crippen molar-refractivity contribution in [3.8, 4) is 0 Å². The van der Waals surface area contributed by atoms with Gasteiger partial charge in [0, 0.05) is 18.2 Å². The first-order chi connectivity index (χ1) is 10.1. The second kappa shape index (κ2) is 7.41. The largest absolute Gasteiger partial charge is 0.409 e. The van der Waals surface area contributed by atoms with Gasteiger partial charge in [-0.05, 0) is 49.4 Å². The van der Waals surface area contributed by atoms with Gasteiger partial charge in [-0.2, -0.15) is 0 Å². The highest BCUT2D eigenvalue weighted by Gasteiger charge is 2.19. The molecule has 4 nitrogen and oxygen atoms in total. The molecule has 1 saturated carbocycles. The standard InChI is InChI=1S/C16H24FN3O/c1-11(13-5-3-2-4-6-13)19-10-12-7-14(16(18)20-21)9-15(17)8-12/h7-9,11,13,19,21H,2-6,10H2,1H3,(H2,18,20)/t11-/m1/s1. The van der Waals surface area contributed by atoms with Crippen molar-refractivity contribution < 1.29 is 9.60 Å². The second-order valence-electron chi connectivity index (χ2n) is 5.90. The maximum atomic E-state index is 13.6. The van der Waals surface area contributed by atoms with Crippen LogP contribution in [0.2, 0.25) is 0 Å². The van der Waals surface area contributed by atoms with Gasteiger partial charge in [-0.25, -0.2) is 4.39 Å². The number of nitrogens with zero attached hydrogens (tertiary/aromatic N) is 1. The number of rotatable bonds is 5.